The van der Waals surface area contributed by atoms with Crippen molar-refractivity contribution in [1.82, 2.24) is 0 Å². The number of hydrogen-bond donors (Lipinski definition) is 0. The number of isocyanates is 1. The van der Waals surface area contributed by atoms with Crippen molar-refractivity contribution in [3.63, 3.8) is 0 Å². The molecule has 2 nitrogen and oxygen atoms in total. The van der Waals surface area contributed by atoms with E-state index in [0.29, 0.717) is 6.54 Å². The Morgan fingerprint density at radius 2 is 2.36 bits per heavy atom. The first-order chi connectivity index (χ1) is 5.24. The van der Waals surface area contributed by atoms with Gasteiger partial charge in [-0.3, -0.25) is 0 Å². The van der Waals surface area contributed by atoms with Crippen LogP contribution in [-0.4, -0.2) is 6.08 Å². The van der Waals surface area contributed by atoms with E-state index in [2.05, 4.69) is 24.9 Å². The van der Waals surface area contributed by atoms with Crippen LogP contribution in [0.3, 0.4) is 0 Å². The van der Waals surface area contributed by atoms with Gasteiger partial charge in [-0.1, -0.05) is 0 Å². The third kappa shape index (κ3) is 2.00. The molecule has 0 fully saturated rings. The van der Waals surface area contributed by atoms with E-state index in [0.717, 1.165) is 4.88 Å². The summed E-state index contributed by atoms with van der Waals surface area (Å²) in [6.45, 7) is 4.59. The minimum atomic E-state index is 0.475. The maximum atomic E-state index is 9.78. The van der Waals surface area contributed by atoms with Crippen LogP contribution in [0.4, 0.5) is 0 Å². The second kappa shape index (κ2) is 3.46. The molecule has 1 aromatic rings. The van der Waals surface area contributed by atoms with Crippen molar-refractivity contribution in [2.75, 3.05) is 0 Å². The molecule has 0 bridgehead atoms. The fraction of sp³-hybridized carbons (Fsp3) is 0.375. The molecule has 0 unspecified atom stereocenters. The number of aliphatic imine (C=N–C) groups is 1. The average molecular weight is 167 g/mol. The van der Waals surface area contributed by atoms with E-state index in [4.69, 9.17) is 0 Å². The lowest BCUT2D eigenvalue weighted by Crippen LogP contribution is -1.70. The van der Waals surface area contributed by atoms with Crippen molar-refractivity contribution in [3.8, 4) is 0 Å². The van der Waals surface area contributed by atoms with Crippen molar-refractivity contribution >= 4 is 17.4 Å². The molecular weight excluding hydrogens is 158 g/mol. The van der Waals surface area contributed by atoms with Crippen LogP contribution in [0.5, 0.6) is 0 Å². The van der Waals surface area contributed by atoms with Gasteiger partial charge >= 0.3 is 0 Å². The van der Waals surface area contributed by atoms with Crippen LogP contribution in [0.15, 0.2) is 11.1 Å². The number of carbonyl (C=O) groups excluding carboxylic acids is 1. The SMILES string of the molecule is Cc1cc(CN=C=O)sc1C. The molecule has 0 aliphatic heterocycles. The highest BCUT2D eigenvalue weighted by Crippen LogP contribution is 2.20. The molecule has 0 saturated carbocycles. The third-order valence-corrected chi connectivity index (χ3v) is 2.65. The summed E-state index contributed by atoms with van der Waals surface area (Å²) >= 11 is 1.68. The summed E-state index contributed by atoms with van der Waals surface area (Å²) in [6.07, 6.45) is 1.53. The summed E-state index contributed by atoms with van der Waals surface area (Å²) in [5.74, 6) is 0. The van der Waals surface area contributed by atoms with E-state index in [1.165, 1.54) is 16.5 Å². The van der Waals surface area contributed by atoms with Gasteiger partial charge in [-0.2, -0.15) is 0 Å². The van der Waals surface area contributed by atoms with Crippen LogP contribution in [0.25, 0.3) is 0 Å². The third-order valence-electron chi connectivity index (χ3n) is 1.52. The summed E-state index contributed by atoms with van der Waals surface area (Å²) in [6, 6.07) is 2.06. The molecule has 0 aromatic carbocycles. The minimum absolute atomic E-state index is 0.475. The highest BCUT2D eigenvalue weighted by atomic mass is 32.1. The number of nitrogens with zero attached hydrogens (tertiary/aromatic N) is 1. The maximum absolute atomic E-state index is 9.78. The molecular formula is C8H9NOS. The topological polar surface area (TPSA) is 29.4 Å². The van der Waals surface area contributed by atoms with Gasteiger partial charge in [0.2, 0.25) is 6.08 Å². The van der Waals surface area contributed by atoms with Crippen LogP contribution in [-0.2, 0) is 11.3 Å². The van der Waals surface area contributed by atoms with E-state index in [9.17, 15) is 4.79 Å². The van der Waals surface area contributed by atoms with Gasteiger partial charge in [0.15, 0.2) is 0 Å². The molecule has 0 amide bonds. The number of hydrogen-bond acceptors (Lipinski definition) is 3. The first-order valence-corrected chi connectivity index (χ1v) is 4.15. The Bertz CT molecular complexity index is 278. The number of rotatable bonds is 2. The quantitative estimate of drug-likeness (QED) is 0.490. The van der Waals surface area contributed by atoms with E-state index in [1.54, 1.807) is 11.3 Å². The Morgan fingerprint density at radius 3 is 2.82 bits per heavy atom. The van der Waals surface area contributed by atoms with Gasteiger partial charge in [-0.05, 0) is 25.5 Å². The van der Waals surface area contributed by atoms with Crippen LogP contribution in [0, 0.1) is 13.8 Å². The van der Waals surface area contributed by atoms with Crippen molar-refractivity contribution in [2.45, 2.75) is 20.4 Å². The number of aryl methyl sites for hydroxylation is 2. The molecule has 0 spiro atoms. The lowest BCUT2D eigenvalue weighted by molar-refractivity contribution is 0.563. The van der Waals surface area contributed by atoms with Crippen LogP contribution in [0.1, 0.15) is 15.3 Å². The lowest BCUT2D eigenvalue weighted by atomic mass is 10.3. The van der Waals surface area contributed by atoms with Crippen LogP contribution in [0.2, 0.25) is 0 Å². The van der Waals surface area contributed by atoms with E-state index < -0.39 is 0 Å². The first-order valence-electron chi connectivity index (χ1n) is 3.33. The fourth-order valence-electron chi connectivity index (χ4n) is 0.838. The molecule has 1 rings (SSSR count). The smallest absolute Gasteiger partial charge is 0.211 e. The van der Waals surface area contributed by atoms with Crippen LogP contribution < -0.4 is 0 Å². The second-order valence-electron chi connectivity index (χ2n) is 2.36. The van der Waals surface area contributed by atoms with E-state index in [1.807, 2.05) is 0 Å². The Morgan fingerprint density at radius 1 is 1.64 bits per heavy atom. The minimum Gasteiger partial charge on any atom is -0.211 e. The van der Waals surface area contributed by atoms with E-state index in [-0.39, 0.29) is 0 Å². The molecule has 1 aromatic heterocycles. The van der Waals surface area contributed by atoms with Crippen LogP contribution >= 0.6 is 11.3 Å². The molecule has 58 valence electrons. The van der Waals surface area contributed by atoms with Crippen molar-refractivity contribution in [3.05, 3.63) is 21.4 Å². The zero-order valence-electron chi connectivity index (χ0n) is 6.55. The Kier molecular flexibility index (Phi) is 2.58. The van der Waals surface area contributed by atoms with Gasteiger partial charge in [0.25, 0.3) is 0 Å². The second-order valence-corrected chi connectivity index (χ2v) is 3.70. The Balaban J connectivity index is 2.80. The first kappa shape index (κ1) is 8.18. The zero-order valence-corrected chi connectivity index (χ0v) is 7.36. The zero-order chi connectivity index (χ0) is 8.27. The normalized spacial score (nSPS) is 9.27. The molecule has 0 atom stereocenters. The van der Waals surface area contributed by atoms with Gasteiger partial charge in [-0.25, -0.2) is 9.79 Å². The molecule has 3 heteroatoms. The molecule has 0 aliphatic rings. The highest BCUT2D eigenvalue weighted by molar-refractivity contribution is 7.12. The molecule has 0 aliphatic carbocycles. The van der Waals surface area contributed by atoms with Gasteiger partial charge in [-0.15, -0.1) is 11.3 Å². The monoisotopic (exact) mass is 167 g/mol. The Hall–Kier alpha value is -0.920. The van der Waals surface area contributed by atoms with E-state index >= 15 is 0 Å². The summed E-state index contributed by atoms with van der Waals surface area (Å²) < 4.78 is 0. The maximum Gasteiger partial charge on any atom is 0.235 e. The van der Waals surface area contributed by atoms with Crippen molar-refractivity contribution in [2.24, 2.45) is 4.99 Å². The lowest BCUT2D eigenvalue weighted by Gasteiger charge is -1.81. The summed E-state index contributed by atoms with van der Waals surface area (Å²) in [5.41, 5.74) is 1.27. The standard InChI is InChI=1S/C8H9NOS/c1-6-3-8(4-9-5-10)11-7(6)2/h3H,4H2,1-2H3. The largest absolute Gasteiger partial charge is 0.235 e. The fourth-order valence-corrected chi connectivity index (χ4v) is 1.82. The van der Waals surface area contributed by atoms with Gasteiger partial charge in [0.05, 0.1) is 6.54 Å². The van der Waals surface area contributed by atoms with Gasteiger partial charge in [0.1, 0.15) is 0 Å². The molecule has 0 N–H and O–H groups in total. The summed E-state index contributed by atoms with van der Waals surface area (Å²) in [5, 5.41) is 0. The predicted octanol–water partition coefficient (Wildman–Crippen LogP) is 2.20. The summed E-state index contributed by atoms with van der Waals surface area (Å²) in [7, 11) is 0. The molecule has 1 heterocycles. The number of thiophene rings is 1. The predicted molar refractivity (Wildman–Crippen MR) is 45.6 cm³/mol. The molecule has 0 saturated heterocycles. The average Bonchev–Trinajstić information content (AvgIpc) is 2.28. The van der Waals surface area contributed by atoms with Gasteiger partial charge < -0.3 is 0 Å². The highest BCUT2D eigenvalue weighted by Gasteiger charge is 1.99. The van der Waals surface area contributed by atoms with Crippen molar-refractivity contribution < 1.29 is 4.79 Å². The summed E-state index contributed by atoms with van der Waals surface area (Å²) in [4.78, 5) is 15.7. The molecule has 0 radical (unpaired) electrons. The van der Waals surface area contributed by atoms with Crippen molar-refractivity contribution in [1.29, 1.82) is 0 Å². The van der Waals surface area contributed by atoms with Gasteiger partial charge in [0, 0.05) is 9.75 Å². The Labute approximate surface area is 69.6 Å². The molecule has 11 heavy (non-hydrogen) atoms.